The van der Waals surface area contributed by atoms with E-state index in [2.05, 4.69) is 193 Å². The summed E-state index contributed by atoms with van der Waals surface area (Å²) in [5, 5.41) is 8.23. The topological polar surface area (TPSA) is 30.7 Å². The molecule has 0 unspecified atom stereocenters. The lowest BCUT2D eigenvalue weighted by Gasteiger charge is -2.40. The van der Waals surface area contributed by atoms with Crippen molar-refractivity contribution in [1.82, 2.24) is 14.5 Å². The first-order valence-electron chi connectivity index (χ1n) is 19.5. The molecule has 2 aromatic heterocycles. The minimum Gasteiger partial charge on any atom is -0.277 e. The Hall–Kier alpha value is -7.01. The third kappa shape index (κ3) is 4.12. The largest absolute Gasteiger partial charge is 0.277 e. The molecule has 0 N–H and O–H groups in total. The van der Waals surface area contributed by atoms with Crippen LogP contribution in [0, 0.1) is 0 Å². The van der Waals surface area contributed by atoms with Gasteiger partial charge in [0.25, 0.3) is 0 Å². The van der Waals surface area contributed by atoms with Crippen LogP contribution >= 0.6 is 11.8 Å². The van der Waals surface area contributed by atoms with Crippen molar-refractivity contribution in [3.05, 3.63) is 210 Å². The molecule has 1 spiro atoms. The van der Waals surface area contributed by atoms with Crippen LogP contribution in [0.5, 0.6) is 0 Å². The second-order valence-corrected chi connectivity index (χ2v) is 16.3. The molecule has 3 heterocycles. The molecule has 0 saturated heterocycles. The van der Waals surface area contributed by atoms with Gasteiger partial charge in [-0.3, -0.25) is 4.57 Å². The molecule has 0 atom stereocenters. The van der Waals surface area contributed by atoms with E-state index in [1.165, 1.54) is 75.5 Å². The van der Waals surface area contributed by atoms with Crippen molar-refractivity contribution in [2.24, 2.45) is 0 Å². The Balaban J connectivity index is 1.18. The summed E-state index contributed by atoms with van der Waals surface area (Å²) in [6, 6.07) is 68.8. The summed E-state index contributed by atoms with van der Waals surface area (Å²) in [6.45, 7) is 0. The maximum Gasteiger partial charge on any atom is 0.235 e. The molecule has 0 saturated carbocycles. The van der Waals surface area contributed by atoms with Gasteiger partial charge in [0.2, 0.25) is 5.95 Å². The fourth-order valence-corrected chi connectivity index (χ4v) is 11.4. The van der Waals surface area contributed by atoms with E-state index in [9.17, 15) is 0 Å². The third-order valence-electron chi connectivity index (χ3n) is 12.4. The Morgan fingerprint density at radius 1 is 0.456 bits per heavy atom. The molecule has 1 aliphatic carbocycles. The zero-order valence-corrected chi connectivity index (χ0v) is 31.5. The lowest BCUT2D eigenvalue weighted by atomic mass is 9.67. The van der Waals surface area contributed by atoms with Gasteiger partial charge in [0.1, 0.15) is 0 Å². The lowest BCUT2D eigenvalue weighted by Crippen LogP contribution is -2.32. The van der Waals surface area contributed by atoms with E-state index in [0.717, 1.165) is 33.2 Å². The third-order valence-corrected chi connectivity index (χ3v) is 13.6. The minimum atomic E-state index is -0.466. The molecule has 1 aliphatic heterocycles. The molecule has 0 fully saturated rings. The molecule has 9 aromatic carbocycles. The molecular weight excluding hydrogens is 711 g/mol. The van der Waals surface area contributed by atoms with E-state index in [0.29, 0.717) is 5.95 Å². The van der Waals surface area contributed by atoms with Gasteiger partial charge in [0, 0.05) is 36.9 Å². The Kier molecular flexibility index (Phi) is 6.31. The van der Waals surface area contributed by atoms with Crippen molar-refractivity contribution in [1.29, 1.82) is 0 Å². The first-order chi connectivity index (χ1) is 28.3. The van der Waals surface area contributed by atoms with Crippen molar-refractivity contribution in [3.63, 3.8) is 0 Å². The van der Waals surface area contributed by atoms with E-state index in [1.807, 2.05) is 11.8 Å². The molecule has 3 nitrogen and oxygen atoms in total. The summed E-state index contributed by atoms with van der Waals surface area (Å²) in [5.41, 5.74) is 12.6. The number of aromatic nitrogens is 3. The molecular formula is C53H31N3S. The first-order valence-corrected chi connectivity index (χ1v) is 20.3. The summed E-state index contributed by atoms with van der Waals surface area (Å²) in [4.78, 5) is 13.5. The van der Waals surface area contributed by atoms with E-state index in [4.69, 9.17) is 9.97 Å². The van der Waals surface area contributed by atoms with E-state index >= 15 is 0 Å². The van der Waals surface area contributed by atoms with Crippen LogP contribution in [0.3, 0.4) is 0 Å². The highest BCUT2D eigenvalue weighted by Gasteiger charge is 2.50. The zero-order chi connectivity index (χ0) is 37.2. The fraction of sp³-hybridized carbons (Fsp3) is 0.0189. The van der Waals surface area contributed by atoms with E-state index in [-0.39, 0.29) is 0 Å². The van der Waals surface area contributed by atoms with Crippen LogP contribution in [0.4, 0.5) is 0 Å². The number of hydrogen-bond donors (Lipinski definition) is 0. The predicted molar refractivity (Wildman–Crippen MR) is 236 cm³/mol. The SMILES string of the molecule is c1ccc2c(c1)Sc1c(ccc3c1c1ccc4ccccc4c1n3-c1nc(-c3ccc4ccccc4c3)c3ccccc3n1)C21c2ccccc2-c2ccccc21. The van der Waals surface area contributed by atoms with Crippen molar-refractivity contribution < 1.29 is 0 Å². The highest BCUT2D eigenvalue weighted by Crippen LogP contribution is 2.63. The molecule has 11 aromatic rings. The summed E-state index contributed by atoms with van der Waals surface area (Å²) >= 11 is 1.90. The Morgan fingerprint density at radius 3 is 1.93 bits per heavy atom. The number of hydrogen-bond acceptors (Lipinski definition) is 3. The summed E-state index contributed by atoms with van der Waals surface area (Å²) < 4.78 is 2.34. The second kappa shape index (κ2) is 11.5. The second-order valence-electron chi connectivity index (χ2n) is 15.2. The summed E-state index contributed by atoms with van der Waals surface area (Å²) in [5.74, 6) is 0.667. The fourth-order valence-electron chi connectivity index (χ4n) is 10.1. The van der Waals surface area contributed by atoms with Gasteiger partial charge in [-0.15, -0.1) is 0 Å². The molecule has 13 rings (SSSR count). The van der Waals surface area contributed by atoms with Crippen LogP contribution in [0.1, 0.15) is 22.3 Å². The van der Waals surface area contributed by atoms with Crippen LogP contribution in [0.25, 0.3) is 82.6 Å². The van der Waals surface area contributed by atoms with Crippen molar-refractivity contribution >= 4 is 66.0 Å². The van der Waals surface area contributed by atoms with Gasteiger partial charge in [0.05, 0.1) is 27.7 Å². The summed E-state index contributed by atoms with van der Waals surface area (Å²) in [7, 11) is 0. The average molecular weight is 742 g/mol. The number of rotatable bonds is 2. The van der Waals surface area contributed by atoms with Gasteiger partial charge in [0.15, 0.2) is 0 Å². The first kappa shape index (κ1) is 31.2. The quantitative estimate of drug-likeness (QED) is 0.177. The zero-order valence-electron chi connectivity index (χ0n) is 30.6. The van der Waals surface area contributed by atoms with Crippen LogP contribution in [-0.2, 0) is 5.41 Å². The standard InChI is InChI=1S/C53H31N3S/c1-2-15-34-31-35(26-25-32(34)13-1)49-39-19-7-11-23-45(39)54-52(55-49)56-46-30-29-44-51(48(46)40-28-27-33-14-3-4-16-36(33)50(40)56)57-47-24-12-10-22-43(47)53(44)41-20-8-5-17-37(41)38-18-6-9-21-42(38)53/h1-31H. The molecule has 2 aliphatic rings. The summed E-state index contributed by atoms with van der Waals surface area (Å²) in [6.07, 6.45) is 0. The maximum absolute atomic E-state index is 5.55. The number of nitrogens with zero attached hydrogens (tertiary/aromatic N) is 3. The highest BCUT2D eigenvalue weighted by molar-refractivity contribution is 7.99. The van der Waals surface area contributed by atoms with Crippen LogP contribution < -0.4 is 0 Å². The minimum absolute atomic E-state index is 0.466. The Morgan fingerprint density at radius 2 is 1.11 bits per heavy atom. The van der Waals surface area contributed by atoms with Gasteiger partial charge < -0.3 is 0 Å². The van der Waals surface area contributed by atoms with Crippen molar-refractivity contribution in [2.75, 3.05) is 0 Å². The van der Waals surface area contributed by atoms with E-state index < -0.39 is 5.41 Å². The Labute approximate surface area is 332 Å². The van der Waals surface area contributed by atoms with Gasteiger partial charge >= 0.3 is 0 Å². The Bertz CT molecular complexity index is 3480. The molecule has 0 amide bonds. The number of benzene rings is 9. The monoisotopic (exact) mass is 741 g/mol. The lowest BCUT2D eigenvalue weighted by molar-refractivity contribution is 0.726. The molecule has 57 heavy (non-hydrogen) atoms. The molecule has 0 radical (unpaired) electrons. The molecule has 0 bridgehead atoms. The highest BCUT2D eigenvalue weighted by atomic mass is 32.2. The van der Waals surface area contributed by atoms with Gasteiger partial charge in [-0.2, -0.15) is 0 Å². The van der Waals surface area contributed by atoms with Crippen molar-refractivity contribution in [3.8, 4) is 28.3 Å². The van der Waals surface area contributed by atoms with Crippen LogP contribution in [0.2, 0.25) is 0 Å². The maximum atomic E-state index is 5.55. The smallest absolute Gasteiger partial charge is 0.235 e. The average Bonchev–Trinajstić information content (AvgIpc) is 3.78. The normalized spacial score (nSPS) is 13.7. The number of para-hydroxylation sites is 1. The van der Waals surface area contributed by atoms with Crippen LogP contribution in [-0.4, -0.2) is 14.5 Å². The predicted octanol–water partition coefficient (Wildman–Crippen LogP) is 13.5. The van der Waals surface area contributed by atoms with Gasteiger partial charge in [-0.05, 0) is 73.8 Å². The molecule has 264 valence electrons. The van der Waals surface area contributed by atoms with Crippen LogP contribution in [0.15, 0.2) is 198 Å². The molecule has 4 heteroatoms. The van der Waals surface area contributed by atoms with Gasteiger partial charge in [-0.1, -0.05) is 176 Å². The number of fused-ring (bicyclic) bond motifs is 17. The van der Waals surface area contributed by atoms with Crippen molar-refractivity contribution in [2.45, 2.75) is 15.2 Å². The van der Waals surface area contributed by atoms with E-state index in [1.54, 1.807) is 0 Å². The van der Waals surface area contributed by atoms with Gasteiger partial charge in [-0.25, -0.2) is 9.97 Å².